The molecule has 0 radical (unpaired) electrons. The fraction of sp³-hybridized carbons (Fsp3) is 0.818. The molecular formula is C11H19N3O2. The van der Waals surface area contributed by atoms with E-state index < -0.39 is 0 Å². The first kappa shape index (κ1) is 11.5. The molecule has 0 bridgehead atoms. The highest BCUT2D eigenvalue weighted by Crippen LogP contribution is 2.24. The van der Waals surface area contributed by atoms with Gasteiger partial charge in [0.2, 0.25) is 5.89 Å². The molecule has 2 N–H and O–H groups in total. The summed E-state index contributed by atoms with van der Waals surface area (Å²) in [6.07, 6.45) is 4.03. The van der Waals surface area contributed by atoms with Crippen LogP contribution in [0.5, 0.6) is 0 Å². The summed E-state index contributed by atoms with van der Waals surface area (Å²) in [5.74, 6) is 1.59. The Morgan fingerprint density at radius 3 is 3.12 bits per heavy atom. The van der Waals surface area contributed by atoms with Gasteiger partial charge in [0.15, 0.2) is 5.82 Å². The molecule has 1 saturated heterocycles. The van der Waals surface area contributed by atoms with Crippen LogP contribution in [-0.4, -0.2) is 23.4 Å². The molecule has 5 nitrogen and oxygen atoms in total. The van der Waals surface area contributed by atoms with Gasteiger partial charge in [-0.2, -0.15) is 4.98 Å². The normalized spacial score (nSPS) is 23.2. The van der Waals surface area contributed by atoms with Crippen LogP contribution in [0, 0.1) is 0 Å². The average Bonchev–Trinajstić information content (AvgIpc) is 2.80. The second-order valence-electron chi connectivity index (χ2n) is 4.30. The minimum atomic E-state index is -0.129. The van der Waals surface area contributed by atoms with E-state index in [9.17, 15) is 0 Å². The minimum Gasteiger partial charge on any atom is -0.381 e. The smallest absolute Gasteiger partial charge is 0.243 e. The Morgan fingerprint density at radius 1 is 1.56 bits per heavy atom. The molecule has 1 aromatic heterocycles. The van der Waals surface area contributed by atoms with Gasteiger partial charge in [-0.15, -0.1) is 0 Å². The van der Waals surface area contributed by atoms with E-state index in [4.69, 9.17) is 15.0 Å². The molecule has 0 amide bonds. The van der Waals surface area contributed by atoms with Crippen LogP contribution in [0.3, 0.4) is 0 Å². The van der Waals surface area contributed by atoms with Gasteiger partial charge in [0.25, 0.3) is 0 Å². The fourth-order valence-electron chi connectivity index (χ4n) is 1.94. The van der Waals surface area contributed by atoms with E-state index in [0.29, 0.717) is 12.5 Å². The lowest BCUT2D eigenvalue weighted by Gasteiger charge is -2.18. The average molecular weight is 225 g/mol. The predicted octanol–water partition coefficient (Wildman–Crippen LogP) is 1.76. The number of nitrogens with two attached hydrogens (primary N) is 1. The van der Waals surface area contributed by atoms with E-state index in [0.717, 1.165) is 38.1 Å². The summed E-state index contributed by atoms with van der Waals surface area (Å²) in [7, 11) is 0. The highest BCUT2D eigenvalue weighted by atomic mass is 16.5. The van der Waals surface area contributed by atoms with Gasteiger partial charge in [0.1, 0.15) is 0 Å². The van der Waals surface area contributed by atoms with Gasteiger partial charge in [-0.05, 0) is 19.3 Å². The summed E-state index contributed by atoms with van der Waals surface area (Å²) in [5.41, 5.74) is 5.92. The van der Waals surface area contributed by atoms with Crippen molar-refractivity contribution in [3.63, 3.8) is 0 Å². The van der Waals surface area contributed by atoms with Crippen LogP contribution in [0.15, 0.2) is 4.52 Å². The van der Waals surface area contributed by atoms with Gasteiger partial charge in [-0.1, -0.05) is 18.5 Å². The van der Waals surface area contributed by atoms with Crippen LogP contribution >= 0.6 is 0 Å². The number of rotatable bonds is 4. The van der Waals surface area contributed by atoms with Gasteiger partial charge in [0.05, 0.1) is 12.6 Å². The second-order valence-corrected chi connectivity index (χ2v) is 4.30. The van der Waals surface area contributed by atoms with Crippen molar-refractivity contribution >= 4 is 0 Å². The fourth-order valence-corrected chi connectivity index (χ4v) is 1.94. The van der Waals surface area contributed by atoms with Crippen molar-refractivity contribution in [2.45, 2.75) is 44.6 Å². The third-order valence-electron chi connectivity index (χ3n) is 2.90. The van der Waals surface area contributed by atoms with E-state index in [1.807, 2.05) is 0 Å². The molecule has 0 aliphatic carbocycles. The number of hydrogen-bond donors (Lipinski definition) is 1. The Hall–Kier alpha value is -0.940. The van der Waals surface area contributed by atoms with Gasteiger partial charge in [-0.25, -0.2) is 0 Å². The number of ether oxygens (including phenoxy) is 1. The zero-order valence-electron chi connectivity index (χ0n) is 9.69. The Balaban J connectivity index is 2.00. The molecule has 2 heterocycles. The Labute approximate surface area is 95.3 Å². The molecule has 1 aliphatic heterocycles. The van der Waals surface area contributed by atoms with Crippen molar-refractivity contribution in [3.8, 4) is 0 Å². The van der Waals surface area contributed by atoms with Crippen LogP contribution in [0.2, 0.25) is 0 Å². The molecule has 1 unspecified atom stereocenters. The van der Waals surface area contributed by atoms with E-state index in [-0.39, 0.29) is 12.0 Å². The molecular weight excluding hydrogens is 206 g/mol. The maximum absolute atomic E-state index is 5.92. The summed E-state index contributed by atoms with van der Waals surface area (Å²) in [4.78, 5) is 4.37. The highest BCUT2D eigenvalue weighted by Gasteiger charge is 2.23. The Kier molecular flexibility index (Phi) is 3.90. The first-order valence-electron chi connectivity index (χ1n) is 5.98. The van der Waals surface area contributed by atoms with Gasteiger partial charge in [0, 0.05) is 12.5 Å². The van der Waals surface area contributed by atoms with Crippen molar-refractivity contribution < 1.29 is 9.26 Å². The van der Waals surface area contributed by atoms with Crippen LogP contribution < -0.4 is 5.73 Å². The molecule has 1 aromatic rings. The van der Waals surface area contributed by atoms with E-state index in [1.54, 1.807) is 0 Å². The van der Waals surface area contributed by atoms with Crippen LogP contribution in [0.1, 0.15) is 56.3 Å². The standard InChI is InChI=1S/C11H19N3O2/c1-2-4-9(12)11-13-10(14-16-11)8-5-3-6-15-7-8/h8-9H,2-7,12H2,1H3/t8?,9-/m1/s1. The lowest BCUT2D eigenvalue weighted by molar-refractivity contribution is 0.0773. The molecule has 2 atom stereocenters. The number of nitrogens with zero attached hydrogens (tertiary/aromatic N) is 2. The van der Waals surface area contributed by atoms with Gasteiger partial charge >= 0.3 is 0 Å². The maximum atomic E-state index is 5.92. The van der Waals surface area contributed by atoms with Gasteiger partial charge < -0.3 is 15.0 Å². The molecule has 5 heteroatoms. The predicted molar refractivity (Wildman–Crippen MR) is 58.9 cm³/mol. The molecule has 0 saturated carbocycles. The largest absolute Gasteiger partial charge is 0.381 e. The number of hydrogen-bond acceptors (Lipinski definition) is 5. The minimum absolute atomic E-state index is 0.129. The number of aromatic nitrogens is 2. The molecule has 0 aromatic carbocycles. The van der Waals surface area contributed by atoms with Crippen LogP contribution in [0.25, 0.3) is 0 Å². The lowest BCUT2D eigenvalue weighted by Crippen LogP contribution is -2.17. The lowest BCUT2D eigenvalue weighted by atomic mass is 10.0. The summed E-state index contributed by atoms with van der Waals surface area (Å²) in [5, 5.41) is 4.00. The Bertz CT molecular complexity index is 321. The quantitative estimate of drug-likeness (QED) is 0.845. The van der Waals surface area contributed by atoms with E-state index in [1.165, 1.54) is 0 Å². The van der Waals surface area contributed by atoms with Crippen molar-refractivity contribution in [2.24, 2.45) is 5.73 Å². The maximum Gasteiger partial charge on any atom is 0.243 e. The van der Waals surface area contributed by atoms with Crippen LogP contribution in [-0.2, 0) is 4.74 Å². The van der Waals surface area contributed by atoms with Crippen molar-refractivity contribution in [2.75, 3.05) is 13.2 Å². The molecule has 1 fully saturated rings. The molecule has 16 heavy (non-hydrogen) atoms. The SMILES string of the molecule is CCC[C@@H](N)c1nc(C2CCCOC2)no1. The summed E-state index contributed by atoms with van der Waals surface area (Å²) in [6.45, 7) is 3.63. The van der Waals surface area contributed by atoms with Crippen molar-refractivity contribution in [1.82, 2.24) is 10.1 Å². The van der Waals surface area contributed by atoms with E-state index in [2.05, 4.69) is 17.1 Å². The first-order chi connectivity index (χ1) is 7.81. The third-order valence-corrected chi connectivity index (χ3v) is 2.90. The summed E-state index contributed by atoms with van der Waals surface area (Å²) < 4.78 is 10.6. The monoisotopic (exact) mass is 225 g/mol. The highest BCUT2D eigenvalue weighted by molar-refractivity contribution is 4.99. The molecule has 1 aliphatic rings. The third kappa shape index (κ3) is 2.59. The summed E-state index contributed by atoms with van der Waals surface area (Å²) in [6, 6.07) is -0.129. The molecule has 0 spiro atoms. The van der Waals surface area contributed by atoms with Gasteiger partial charge in [-0.3, -0.25) is 0 Å². The second kappa shape index (κ2) is 5.41. The molecule has 2 rings (SSSR count). The zero-order chi connectivity index (χ0) is 11.4. The van der Waals surface area contributed by atoms with E-state index >= 15 is 0 Å². The summed E-state index contributed by atoms with van der Waals surface area (Å²) >= 11 is 0. The zero-order valence-corrected chi connectivity index (χ0v) is 9.69. The van der Waals surface area contributed by atoms with Crippen molar-refractivity contribution in [3.05, 3.63) is 11.7 Å². The van der Waals surface area contributed by atoms with Crippen molar-refractivity contribution in [1.29, 1.82) is 0 Å². The topological polar surface area (TPSA) is 74.2 Å². The molecule has 90 valence electrons. The Morgan fingerprint density at radius 2 is 2.44 bits per heavy atom. The first-order valence-corrected chi connectivity index (χ1v) is 5.98. The van der Waals surface area contributed by atoms with Crippen LogP contribution in [0.4, 0.5) is 0 Å².